The zero-order valence-electron chi connectivity index (χ0n) is 21.4. The van der Waals surface area contributed by atoms with E-state index in [1.54, 1.807) is 11.1 Å². The average molecular weight is 452 g/mol. The third-order valence-electron chi connectivity index (χ3n) is 8.33. The first kappa shape index (κ1) is 23.2. The lowest BCUT2D eigenvalue weighted by atomic mass is 9.73. The number of hydrogen-bond acceptors (Lipinski definition) is 1. The number of anilines is 3. The molecule has 3 aromatic rings. The lowest BCUT2D eigenvalue weighted by molar-refractivity contribution is 0.418. The van der Waals surface area contributed by atoms with E-state index >= 15 is 0 Å². The van der Waals surface area contributed by atoms with Crippen molar-refractivity contribution in [1.29, 1.82) is 0 Å². The van der Waals surface area contributed by atoms with Crippen molar-refractivity contribution >= 4 is 17.1 Å². The van der Waals surface area contributed by atoms with Gasteiger partial charge in [-0.15, -0.1) is 0 Å². The fourth-order valence-corrected chi connectivity index (χ4v) is 6.50. The Hall–Kier alpha value is -2.54. The second-order valence-electron chi connectivity index (χ2n) is 10.9. The molecule has 3 aromatic carbocycles. The van der Waals surface area contributed by atoms with Gasteiger partial charge in [0, 0.05) is 17.1 Å². The Morgan fingerprint density at radius 3 is 1.41 bits per heavy atom. The Morgan fingerprint density at radius 2 is 0.941 bits per heavy atom. The van der Waals surface area contributed by atoms with Gasteiger partial charge in [0.1, 0.15) is 0 Å². The number of rotatable bonds is 5. The molecule has 0 saturated heterocycles. The number of hydrogen-bond donors (Lipinski definition) is 0. The molecule has 0 atom stereocenters. The van der Waals surface area contributed by atoms with E-state index in [-0.39, 0.29) is 0 Å². The summed E-state index contributed by atoms with van der Waals surface area (Å²) in [5.74, 6) is 1.41. The summed E-state index contributed by atoms with van der Waals surface area (Å²) < 4.78 is 0. The molecule has 0 heterocycles. The van der Waals surface area contributed by atoms with Crippen LogP contribution < -0.4 is 4.90 Å². The van der Waals surface area contributed by atoms with Gasteiger partial charge in [-0.1, -0.05) is 80.0 Å². The summed E-state index contributed by atoms with van der Waals surface area (Å²) in [6.07, 6.45) is 13.7. The van der Waals surface area contributed by atoms with Gasteiger partial charge in [-0.25, -0.2) is 0 Å². The molecule has 0 aromatic heterocycles. The minimum absolute atomic E-state index is 0.680. The summed E-state index contributed by atoms with van der Waals surface area (Å²) in [6, 6.07) is 23.1. The van der Waals surface area contributed by atoms with E-state index < -0.39 is 0 Å². The quantitative estimate of drug-likeness (QED) is 0.373. The van der Waals surface area contributed by atoms with E-state index in [9.17, 15) is 0 Å². The van der Waals surface area contributed by atoms with Crippen molar-refractivity contribution < 1.29 is 0 Å². The van der Waals surface area contributed by atoms with Crippen molar-refractivity contribution in [2.75, 3.05) is 4.90 Å². The number of benzene rings is 3. The molecule has 0 unspecified atom stereocenters. The van der Waals surface area contributed by atoms with Crippen LogP contribution in [0.1, 0.15) is 104 Å². The van der Waals surface area contributed by atoms with Gasteiger partial charge in [0.25, 0.3) is 0 Å². The van der Waals surface area contributed by atoms with Crippen LogP contribution in [0.25, 0.3) is 0 Å². The van der Waals surface area contributed by atoms with Crippen molar-refractivity contribution in [2.45, 2.75) is 96.8 Å². The maximum Gasteiger partial charge on any atom is 0.0499 e. The third-order valence-corrected chi connectivity index (χ3v) is 8.33. The van der Waals surface area contributed by atoms with Gasteiger partial charge in [0.15, 0.2) is 0 Å². The summed E-state index contributed by atoms with van der Waals surface area (Å²) in [7, 11) is 0. The van der Waals surface area contributed by atoms with Crippen LogP contribution in [0.2, 0.25) is 0 Å². The molecular weight excluding hydrogens is 410 g/mol. The standard InChI is InChI=1S/C33H41N/c1-24-14-19-29(20-15-24)34(30-21-16-25(2)17-22-30)31-23-18-26(3)32(27-10-6-4-7-11-27)33(31)28-12-8-5-9-13-28/h14-23,27-28H,4-13H2,1-3H3. The minimum atomic E-state index is 0.680. The van der Waals surface area contributed by atoms with Crippen LogP contribution in [0.5, 0.6) is 0 Å². The topological polar surface area (TPSA) is 3.24 Å². The molecule has 2 fully saturated rings. The minimum Gasteiger partial charge on any atom is -0.310 e. The van der Waals surface area contributed by atoms with Crippen LogP contribution in [-0.4, -0.2) is 0 Å². The van der Waals surface area contributed by atoms with Gasteiger partial charge in [0.05, 0.1) is 0 Å². The molecule has 1 heteroatoms. The van der Waals surface area contributed by atoms with Gasteiger partial charge in [0.2, 0.25) is 0 Å². The van der Waals surface area contributed by atoms with E-state index in [1.165, 1.54) is 98.0 Å². The summed E-state index contributed by atoms with van der Waals surface area (Å²) in [6.45, 7) is 6.74. The van der Waals surface area contributed by atoms with Crippen LogP contribution in [0, 0.1) is 20.8 Å². The zero-order chi connectivity index (χ0) is 23.5. The highest BCUT2D eigenvalue weighted by Crippen LogP contribution is 2.49. The molecule has 0 aliphatic heterocycles. The fourth-order valence-electron chi connectivity index (χ4n) is 6.50. The van der Waals surface area contributed by atoms with Crippen molar-refractivity contribution in [2.24, 2.45) is 0 Å². The highest BCUT2D eigenvalue weighted by atomic mass is 15.1. The van der Waals surface area contributed by atoms with E-state index in [0.29, 0.717) is 5.92 Å². The average Bonchev–Trinajstić information content (AvgIpc) is 2.88. The van der Waals surface area contributed by atoms with E-state index in [2.05, 4.69) is 86.3 Å². The molecule has 0 amide bonds. The first-order chi connectivity index (χ1) is 16.6. The van der Waals surface area contributed by atoms with Gasteiger partial charge in [-0.3, -0.25) is 0 Å². The zero-order valence-corrected chi connectivity index (χ0v) is 21.4. The van der Waals surface area contributed by atoms with Crippen LogP contribution in [-0.2, 0) is 0 Å². The molecule has 1 nitrogen and oxygen atoms in total. The van der Waals surface area contributed by atoms with Gasteiger partial charge in [-0.05, 0) is 105 Å². The van der Waals surface area contributed by atoms with Crippen LogP contribution >= 0.6 is 0 Å². The van der Waals surface area contributed by atoms with Crippen LogP contribution in [0.3, 0.4) is 0 Å². The van der Waals surface area contributed by atoms with Gasteiger partial charge < -0.3 is 4.90 Å². The second-order valence-corrected chi connectivity index (χ2v) is 10.9. The summed E-state index contributed by atoms with van der Waals surface area (Å²) >= 11 is 0. The molecule has 34 heavy (non-hydrogen) atoms. The molecule has 2 saturated carbocycles. The van der Waals surface area contributed by atoms with E-state index in [4.69, 9.17) is 0 Å². The molecule has 178 valence electrons. The van der Waals surface area contributed by atoms with Gasteiger partial charge >= 0.3 is 0 Å². The summed E-state index contributed by atoms with van der Waals surface area (Å²) in [5.41, 5.74) is 11.5. The Labute approximate surface area is 207 Å². The molecule has 2 aliphatic rings. The number of aryl methyl sites for hydroxylation is 3. The Bertz CT molecular complexity index is 1040. The predicted octanol–water partition coefficient (Wildman–Crippen LogP) is 10.2. The lowest BCUT2D eigenvalue weighted by Crippen LogP contribution is -2.19. The second kappa shape index (κ2) is 10.4. The van der Waals surface area contributed by atoms with Crippen molar-refractivity contribution in [1.82, 2.24) is 0 Å². The Kier molecular flexibility index (Phi) is 7.09. The highest BCUT2D eigenvalue weighted by molar-refractivity contribution is 5.80. The van der Waals surface area contributed by atoms with Crippen LogP contribution in [0.4, 0.5) is 17.1 Å². The predicted molar refractivity (Wildman–Crippen MR) is 147 cm³/mol. The Morgan fingerprint density at radius 1 is 0.500 bits per heavy atom. The molecule has 5 rings (SSSR count). The normalized spacial score (nSPS) is 17.6. The molecule has 2 aliphatic carbocycles. The van der Waals surface area contributed by atoms with Crippen molar-refractivity contribution in [3.63, 3.8) is 0 Å². The van der Waals surface area contributed by atoms with Crippen molar-refractivity contribution in [3.8, 4) is 0 Å². The first-order valence-corrected chi connectivity index (χ1v) is 13.7. The highest BCUT2D eigenvalue weighted by Gasteiger charge is 2.30. The number of nitrogens with zero attached hydrogens (tertiary/aromatic N) is 1. The van der Waals surface area contributed by atoms with Crippen molar-refractivity contribution in [3.05, 3.63) is 88.5 Å². The maximum absolute atomic E-state index is 2.55. The first-order valence-electron chi connectivity index (χ1n) is 13.7. The summed E-state index contributed by atoms with van der Waals surface area (Å²) in [4.78, 5) is 2.55. The maximum atomic E-state index is 2.55. The Balaban J connectivity index is 1.72. The smallest absolute Gasteiger partial charge is 0.0499 e. The molecular formula is C33H41N. The van der Waals surface area contributed by atoms with Crippen LogP contribution in [0.15, 0.2) is 60.7 Å². The largest absolute Gasteiger partial charge is 0.310 e. The molecule has 0 spiro atoms. The SMILES string of the molecule is Cc1ccc(N(c2ccc(C)cc2)c2ccc(C)c(C3CCCCC3)c2C2CCCCC2)cc1. The molecule has 0 radical (unpaired) electrons. The lowest BCUT2D eigenvalue weighted by Gasteiger charge is -2.36. The van der Waals surface area contributed by atoms with E-state index in [0.717, 1.165) is 5.92 Å². The summed E-state index contributed by atoms with van der Waals surface area (Å²) in [5, 5.41) is 0. The van der Waals surface area contributed by atoms with E-state index in [1.807, 2.05) is 0 Å². The molecule has 0 N–H and O–H groups in total. The van der Waals surface area contributed by atoms with Gasteiger partial charge in [-0.2, -0.15) is 0 Å². The third kappa shape index (κ3) is 4.81. The fraction of sp³-hybridized carbons (Fsp3) is 0.455. The monoisotopic (exact) mass is 451 g/mol. The molecule has 0 bridgehead atoms.